The lowest BCUT2D eigenvalue weighted by Gasteiger charge is -2.24. The molecule has 0 fully saturated rings. The molecule has 0 aliphatic rings. The SMILES string of the molecule is CC/C=C\C/C=C\C/C=C\C/C=C\C/C=C\C/C=C\C/C=C\CCCCCC(=O)OC(COCCCCCCCCCCCCCCCCCCC)COP(=O)(O)OCC[N+](C)(C)C. The Morgan fingerprint density at radius 3 is 1.34 bits per heavy atom. The minimum Gasteiger partial charge on any atom is -0.457 e. The summed E-state index contributed by atoms with van der Waals surface area (Å²) >= 11 is 0. The highest BCUT2D eigenvalue weighted by atomic mass is 31.2. The average Bonchev–Trinajstić information content (AvgIpc) is 3.25. The highest BCUT2D eigenvalue weighted by molar-refractivity contribution is 7.47. The number of hydrogen-bond donors (Lipinski definition) is 1. The van der Waals surface area contributed by atoms with Gasteiger partial charge in [0.05, 0.1) is 34.4 Å². The molecule has 0 saturated heterocycles. The number of esters is 1. The Labute approximate surface area is 395 Å². The summed E-state index contributed by atoms with van der Waals surface area (Å²) in [5.74, 6) is -0.345. The van der Waals surface area contributed by atoms with Crippen LogP contribution in [-0.2, 0) is 27.9 Å². The maximum atomic E-state index is 12.8. The monoisotopic (exact) mass is 917 g/mol. The third-order valence-corrected chi connectivity index (χ3v) is 11.7. The lowest BCUT2D eigenvalue weighted by molar-refractivity contribution is -0.870. The molecule has 2 atom stereocenters. The first-order chi connectivity index (χ1) is 31.1. The third kappa shape index (κ3) is 50.7. The van der Waals surface area contributed by atoms with Gasteiger partial charge in [-0.2, -0.15) is 0 Å². The van der Waals surface area contributed by atoms with Crippen LogP contribution in [0, 0.1) is 0 Å². The minimum absolute atomic E-state index is 0.0786. The topological polar surface area (TPSA) is 91.3 Å². The molecule has 0 saturated carbocycles. The number of rotatable bonds is 47. The number of unbranched alkanes of at least 4 members (excludes halogenated alkanes) is 19. The van der Waals surface area contributed by atoms with Crippen molar-refractivity contribution in [1.29, 1.82) is 0 Å². The molecule has 0 radical (unpaired) electrons. The van der Waals surface area contributed by atoms with Gasteiger partial charge in [0.25, 0.3) is 0 Å². The summed E-state index contributed by atoms with van der Waals surface area (Å²) in [4.78, 5) is 23.0. The molecule has 2 unspecified atom stereocenters. The minimum atomic E-state index is -4.29. The Morgan fingerprint density at radius 1 is 0.500 bits per heavy atom. The molecule has 0 aliphatic heterocycles. The largest absolute Gasteiger partial charge is 0.472 e. The second-order valence-corrected chi connectivity index (χ2v) is 19.6. The van der Waals surface area contributed by atoms with E-state index in [2.05, 4.69) is 98.9 Å². The lowest BCUT2D eigenvalue weighted by atomic mass is 10.0. The molecule has 0 aromatic carbocycles. The number of carbonyl (C=O) groups is 1. The molecule has 370 valence electrons. The highest BCUT2D eigenvalue weighted by Crippen LogP contribution is 2.43. The zero-order valence-corrected chi connectivity index (χ0v) is 42.9. The summed E-state index contributed by atoms with van der Waals surface area (Å²) in [6.45, 7) is 5.47. The number of allylic oxidation sites excluding steroid dienone is 14. The van der Waals surface area contributed by atoms with Crippen LogP contribution in [0.3, 0.4) is 0 Å². The Balaban J connectivity index is 4.24. The summed E-state index contributed by atoms with van der Waals surface area (Å²) in [6, 6.07) is 0. The van der Waals surface area contributed by atoms with Crippen LogP contribution >= 0.6 is 7.82 Å². The van der Waals surface area contributed by atoms with Crippen LogP contribution in [0.2, 0.25) is 0 Å². The van der Waals surface area contributed by atoms with Crippen molar-refractivity contribution in [3.63, 3.8) is 0 Å². The van der Waals surface area contributed by atoms with Gasteiger partial charge in [0, 0.05) is 13.0 Å². The number of ether oxygens (including phenoxy) is 2. The van der Waals surface area contributed by atoms with E-state index in [1.54, 1.807) is 0 Å². The molecule has 0 aromatic heterocycles. The van der Waals surface area contributed by atoms with Gasteiger partial charge in [0.15, 0.2) is 0 Å². The third-order valence-electron chi connectivity index (χ3n) is 10.7. The normalized spacial score (nSPS) is 14.3. The van der Waals surface area contributed by atoms with Gasteiger partial charge in [-0.1, -0.05) is 208 Å². The van der Waals surface area contributed by atoms with Crippen molar-refractivity contribution in [1.82, 2.24) is 0 Å². The van der Waals surface area contributed by atoms with Crippen molar-refractivity contribution in [3.8, 4) is 0 Å². The molecular weight excluding hydrogens is 818 g/mol. The number of phosphoric acid groups is 1. The molecule has 64 heavy (non-hydrogen) atoms. The molecule has 0 heterocycles. The van der Waals surface area contributed by atoms with Crippen molar-refractivity contribution in [2.45, 2.75) is 206 Å². The fourth-order valence-corrected chi connectivity index (χ4v) is 7.51. The zero-order chi connectivity index (χ0) is 46.9. The Bertz CT molecular complexity index is 1300. The summed E-state index contributed by atoms with van der Waals surface area (Å²) in [7, 11) is 1.64. The second kappa shape index (κ2) is 47.2. The second-order valence-electron chi connectivity index (χ2n) is 18.2. The Kier molecular flexibility index (Phi) is 45.5. The van der Waals surface area contributed by atoms with Crippen molar-refractivity contribution >= 4 is 13.8 Å². The average molecular weight is 917 g/mol. The van der Waals surface area contributed by atoms with Gasteiger partial charge in [-0.3, -0.25) is 13.8 Å². The van der Waals surface area contributed by atoms with Gasteiger partial charge >= 0.3 is 13.8 Å². The first kappa shape index (κ1) is 61.7. The predicted molar refractivity (Wildman–Crippen MR) is 275 cm³/mol. The molecule has 0 rings (SSSR count). The lowest BCUT2D eigenvalue weighted by Crippen LogP contribution is -2.37. The van der Waals surface area contributed by atoms with Crippen LogP contribution < -0.4 is 0 Å². The maximum Gasteiger partial charge on any atom is 0.472 e. The quantitative estimate of drug-likeness (QED) is 0.0214. The van der Waals surface area contributed by atoms with E-state index in [-0.39, 0.29) is 32.2 Å². The van der Waals surface area contributed by atoms with Crippen LogP contribution in [0.5, 0.6) is 0 Å². The van der Waals surface area contributed by atoms with Crippen LogP contribution in [-0.4, -0.2) is 75.6 Å². The van der Waals surface area contributed by atoms with Crippen molar-refractivity contribution in [2.24, 2.45) is 0 Å². The van der Waals surface area contributed by atoms with E-state index >= 15 is 0 Å². The number of phosphoric ester groups is 1. The number of nitrogens with zero attached hydrogens (tertiary/aromatic N) is 1. The first-order valence-corrected chi connectivity index (χ1v) is 27.3. The Morgan fingerprint density at radius 2 is 0.906 bits per heavy atom. The van der Waals surface area contributed by atoms with Gasteiger partial charge < -0.3 is 18.9 Å². The molecule has 0 aliphatic carbocycles. The molecule has 1 N–H and O–H groups in total. The molecule has 9 heteroatoms. The Hall–Kier alpha value is -2.32. The molecule has 0 aromatic rings. The summed E-state index contributed by atoms with van der Waals surface area (Å²) in [5, 5.41) is 0. The van der Waals surface area contributed by atoms with Gasteiger partial charge in [-0.15, -0.1) is 0 Å². The fourth-order valence-electron chi connectivity index (χ4n) is 6.77. The van der Waals surface area contributed by atoms with E-state index in [0.29, 0.717) is 17.6 Å². The molecular formula is C55H99NO7P+. The number of likely N-dealkylation sites (N-methyl/N-ethyl adjacent to an activating group) is 1. The van der Waals surface area contributed by atoms with Crippen molar-refractivity contribution in [2.75, 3.05) is 54.1 Å². The van der Waals surface area contributed by atoms with E-state index in [1.165, 1.54) is 96.3 Å². The predicted octanol–water partition coefficient (Wildman–Crippen LogP) is 16.0. The molecule has 0 spiro atoms. The van der Waals surface area contributed by atoms with Crippen molar-refractivity contribution < 1.29 is 37.3 Å². The van der Waals surface area contributed by atoms with Crippen LogP contribution in [0.25, 0.3) is 0 Å². The van der Waals surface area contributed by atoms with Crippen LogP contribution in [0.15, 0.2) is 85.1 Å². The fraction of sp³-hybridized carbons (Fsp3) is 0.727. The van der Waals surface area contributed by atoms with Gasteiger partial charge in [-0.05, 0) is 70.6 Å². The molecule has 8 nitrogen and oxygen atoms in total. The highest BCUT2D eigenvalue weighted by Gasteiger charge is 2.26. The van der Waals surface area contributed by atoms with E-state index in [9.17, 15) is 14.3 Å². The molecule has 0 amide bonds. The molecule has 0 bridgehead atoms. The van der Waals surface area contributed by atoms with Crippen LogP contribution in [0.4, 0.5) is 0 Å². The van der Waals surface area contributed by atoms with Gasteiger partial charge in [0.1, 0.15) is 19.3 Å². The maximum absolute atomic E-state index is 12.8. The van der Waals surface area contributed by atoms with E-state index < -0.39 is 13.9 Å². The van der Waals surface area contributed by atoms with Crippen LogP contribution in [0.1, 0.15) is 200 Å². The van der Waals surface area contributed by atoms with Crippen molar-refractivity contribution in [3.05, 3.63) is 85.1 Å². The number of hydrogen-bond acceptors (Lipinski definition) is 6. The van der Waals surface area contributed by atoms with E-state index in [4.69, 9.17) is 18.5 Å². The number of quaternary nitrogens is 1. The van der Waals surface area contributed by atoms with E-state index in [1.807, 2.05) is 21.1 Å². The van der Waals surface area contributed by atoms with Gasteiger partial charge in [-0.25, -0.2) is 4.57 Å². The van der Waals surface area contributed by atoms with Gasteiger partial charge in [0.2, 0.25) is 0 Å². The summed E-state index contributed by atoms with van der Waals surface area (Å²) in [5.41, 5.74) is 0. The standard InChI is InChI=1S/C55H98NO7P/c1-6-8-10-12-14-16-18-20-22-24-25-26-27-28-29-30-31-32-34-36-38-40-42-44-46-48-55(57)63-54(53-62-64(58,59)61-51-49-56(3,4)5)52-60-50-47-45-43-41-39-37-35-33-23-21-19-17-15-13-11-9-7-2/h8,10,14,16,20,22,25-26,28-29,31-32,36,38,54H,6-7,9,11-13,15,17-19,21,23-24,27,30,33-35,37,39-53H2,1-5H3/p+1/b10-8-,16-14-,22-20-,26-25-,29-28-,32-31-,38-36-. The van der Waals surface area contributed by atoms with E-state index in [0.717, 1.165) is 83.5 Å². The number of carbonyl (C=O) groups excluding carboxylic acids is 1. The zero-order valence-electron chi connectivity index (χ0n) is 42.0. The smallest absolute Gasteiger partial charge is 0.457 e. The summed E-state index contributed by atoms with van der Waals surface area (Å²) < 4.78 is 35.1. The summed E-state index contributed by atoms with van der Waals surface area (Å²) in [6.07, 6.45) is 63.4. The first-order valence-electron chi connectivity index (χ1n) is 25.8.